The fourth-order valence-electron chi connectivity index (χ4n) is 2.36. The van der Waals surface area contributed by atoms with Crippen LogP contribution < -0.4 is 9.47 Å². The molecule has 0 heterocycles. The van der Waals surface area contributed by atoms with Crippen LogP contribution in [0.5, 0.6) is 11.5 Å². The molecule has 0 aliphatic carbocycles. The molecule has 0 amide bonds. The maximum Gasteiger partial charge on any atom is 0.307 e. The van der Waals surface area contributed by atoms with Crippen molar-refractivity contribution < 1.29 is 19.4 Å². The molecule has 0 bridgehead atoms. The topological polar surface area (TPSA) is 55.8 Å². The number of aliphatic carboxylic acids is 1. The molecule has 0 radical (unpaired) electrons. The SMILES string of the molecule is COc1ccc(COc2ccc(C(CC(=O)O)=C(C)C)cc2)cc1. The van der Waals surface area contributed by atoms with Crippen molar-refractivity contribution in [2.45, 2.75) is 26.9 Å². The van der Waals surface area contributed by atoms with Gasteiger partial charge < -0.3 is 14.6 Å². The Labute approximate surface area is 142 Å². The first kappa shape index (κ1) is 17.6. The zero-order chi connectivity index (χ0) is 17.5. The smallest absolute Gasteiger partial charge is 0.307 e. The van der Waals surface area contributed by atoms with Crippen molar-refractivity contribution in [3.8, 4) is 11.5 Å². The van der Waals surface area contributed by atoms with E-state index in [4.69, 9.17) is 14.6 Å². The van der Waals surface area contributed by atoms with E-state index in [0.717, 1.165) is 33.8 Å². The van der Waals surface area contributed by atoms with Crippen molar-refractivity contribution in [2.24, 2.45) is 0 Å². The molecule has 0 aromatic heterocycles. The zero-order valence-corrected chi connectivity index (χ0v) is 14.2. The third-order valence-corrected chi connectivity index (χ3v) is 3.70. The van der Waals surface area contributed by atoms with Crippen LogP contribution in [0.2, 0.25) is 0 Å². The molecule has 0 spiro atoms. The molecule has 0 saturated heterocycles. The molecule has 4 heteroatoms. The van der Waals surface area contributed by atoms with E-state index in [9.17, 15) is 4.79 Å². The molecule has 0 unspecified atom stereocenters. The molecule has 2 aromatic rings. The molecular weight excluding hydrogens is 304 g/mol. The minimum Gasteiger partial charge on any atom is -0.497 e. The van der Waals surface area contributed by atoms with Gasteiger partial charge in [0.15, 0.2) is 0 Å². The van der Waals surface area contributed by atoms with E-state index in [2.05, 4.69) is 0 Å². The summed E-state index contributed by atoms with van der Waals surface area (Å²) in [7, 11) is 1.64. The highest BCUT2D eigenvalue weighted by Crippen LogP contribution is 2.25. The van der Waals surface area contributed by atoms with Gasteiger partial charge in [0.2, 0.25) is 0 Å². The van der Waals surface area contributed by atoms with Gasteiger partial charge in [0, 0.05) is 0 Å². The minimum atomic E-state index is -0.828. The largest absolute Gasteiger partial charge is 0.497 e. The first-order chi connectivity index (χ1) is 11.5. The molecule has 24 heavy (non-hydrogen) atoms. The van der Waals surface area contributed by atoms with Crippen LogP contribution in [-0.4, -0.2) is 18.2 Å². The van der Waals surface area contributed by atoms with Crippen molar-refractivity contribution in [3.63, 3.8) is 0 Å². The number of hydrogen-bond acceptors (Lipinski definition) is 3. The zero-order valence-electron chi connectivity index (χ0n) is 14.2. The fourth-order valence-corrected chi connectivity index (χ4v) is 2.36. The number of hydrogen-bond donors (Lipinski definition) is 1. The van der Waals surface area contributed by atoms with Gasteiger partial charge in [0.25, 0.3) is 0 Å². The van der Waals surface area contributed by atoms with Gasteiger partial charge in [-0.1, -0.05) is 29.8 Å². The quantitative estimate of drug-likeness (QED) is 0.811. The molecule has 126 valence electrons. The Bertz CT molecular complexity index is 708. The van der Waals surface area contributed by atoms with Gasteiger partial charge in [-0.25, -0.2) is 0 Å². The average Bonchev–Trinajstić information content (AvgIpc) is 2.58. The van der Waals surface area contributed by atoms with Gasteiger partial charge in [-0.15, -0.1) is 0 Å². The van der Waals surface area contributed by atoms with Crippen molar-refractivity contribution in [1.82, 2.24) is 0 Å². The molecule has 1 N–H and O–H groups in total. The average molecular weight is 326 g/mol. The number of ether oxygens (including phenoxy) is 2. The number of allylic oxidation sites excluding steroid dienone is 1. The summed E-state index contributed by atoms with van der Waals surface area (Å²) in [5.41, 5.74) is 3.80. The summed E-state index contributed by atoms with van der Waals surface area (Å²) in [5, 5.41) is 9.03. The first-order valence-corrected chi connectivity index (χ1v) is 7.74. The molecule has 2 rings (SSSR count). The number of methoxy groups -OCH3 is 1. The standard InChI is InChI=1S/C20H22O4/c1-14(2)19(12-20(21)22)16-6-10-18(11-7-16)24-13-15-4-8-17(23-3)9-5-15/h4-11H,12-13H2,1-3H3,(H,21,22). The fraction of sp³-hybridized carbons (Fsp3) is 0.250. The van der Waals surface area contributed by atoms with Gasteiger partial charge in [-0.2, -0.15) is 0 Å². The van der Waals surface area contributed by atoms with E-state index < -0.39 is 5.97 Å². The summed E-state index contributed by atoms with van der Waals surface area (Å²) in [5.74, 6) is 0.736. The Hall–Kier alpha value is -2.75. The van der Waals surface area contributed by atoms with Crippen LogP contribution in [0.3, 0.4) is 0 Å². The highest BCUT2D eigenvalue weighted by Gasteiger charge is 2.09. The molecule has 4 nitrogen and oxygen atoms in total. The molecule has 0 atom stereocenters. The van der Waals surface area contributed by atoms with E-state index in [1.54, 1.807) is 7.11 Å². The summed E-state index contributed by atoms with van der Waals surface area (Å²) in [4.78, 5) is 11.0. The van der Waals surface area contributed by atoms with Crippen molar-refractivity contribution in [3.05, 3.63) is 65.2 Å². The summed E-state index contributed by atoms with van der Waals surface area (Å²) >= 11 is 0. The van der Waals surface area contributed by atoms with Crippen LogP contribution in [0.25, 0.3) is 5.57 Å². The van der Waals surface area contributed by atoms with E-state index in [0.29, 0.717) is 6.61 Å². The second-order valence-electron chi connectivity index (χ2n) is 5.71. The Morgan fingerprint density at radius 2 is 1.54 bits per heavy atom. The van der Waals surface area contributed by atoms with Crippen LogP contribution in [-0.2, 0) is 11.4 Å². The number of carbonyl (C=O) groups is 1. The third kappa shape index (κ3) is 4.88. The molecule has 0 saturated carbocycles. The van der Waals surface area contributed by atoms with E-state index in [1.807, 2.05) is 62.4 Å². The summed E-state index contributed by atoms with van der Waals surface area (Å²) < 4.78 is 10.9. The third-order valence-electron chi connectivity index (χ3n) is 3.70. The maximum atomic E-state index is 11.0. The van der Waals surface area contributed by atoms with Gasteiger partial charge in [0.1, 0.15) is 18.1 Å². The predicted octanol–water partition coefficient (Wildman–Crippen LogP) is 4.54. The minimum absolute atomic E-state index is 0.0222. The van der Waals surface area contributed by atoms with Crippen molar-refractivity contribution in [1.29, 1.82) is 0 Å². The number of benzene rings is 2. The Kier molecular flexibility index (Phi) is 6.01. The lowest BCUT2D eigenvalue weighted by molar-refractivity contribution is -0.135. The van der Waals surface area contributed by atoms with E-state index >= 15 is 0 Å². The van der Waals surface area contributed by atoms with Crippen LogP contribution >= 0.6 is 0 Å². The Morgan fingerprint density at radius 3 is 2.04 bits per heavy atom. The summed E-state index contributed by atoms with van der Waals surface area (Å²) in [6, 6.07) is 15.2. The molecule has 2 aromatic carbocycles. The van der Waals surface area contributed by atoms with E-state index in [-0.39, 0.29) is 6.42 Å². The summed E-state index contributed by atoms with van der Waals surface area (Å²) in [6.07, 6.45) is 0.0222. The Balaban J connectivity index is 2.03. The normalized spacial score (nSPS) is 10.1. The van der Waals surface area contributed by atoms with Crippen molar-refractivity contribution in [2.75, 3.05) is 7.11 Å². The maximum absolute atomic E-state index is 11.0. The lowest BCUT2D eigenvalue weighted by Gasteiger charge is -2.11. The highest BCUT2D eigenvalue weighted by molar-refractivity contribution is 5.85. The van der Waals surface area contributed by atoms with Crippen LogP contribution in [0.1, 0.15) is 31.4 Å². The highest BCUT2D eigenvalue weighted by atomic mass is 16.5. The Morgan fingerprint density at radius 1 is 0.958 bits per heavy atom. The van der Waals surface area contributed by atoms with Gasteiger partial charge >= 0.3 is 5.97 Å². The number of carboxylic acids is 1. The van der Waals surface area contributed by atoms with Crippen LogP contribution in [0, 0.1) is 0 Å². The second-order valence-corrected chi connectivity index (χ2v) is 5.71. The van der Waals surface area contributed by atoms with Gasteiger partial charge in [0.05, 0.1) is 13.5 Å². The second kappa shape index (κ2) is 8.20. The van der Waals surface area contributed by atoms with Crippen LogP contribution in [0.15, 0.2) is 54.1 Å². The molecule has 0 aliphatic rings. The van der Waals surface area contributed by atoms with E-state index in [1.165, 1.54) is 0 Å². The first-order valence-electron chi connectivity index (χ1n) is 7.74. The molecular formula is C20H22O4. The number of rotatable bonds is 7. The lowest BCUT2D eigenvalue weighted by atomic mass is 9.98. The predicted molar refractivity (Wildman–Crippen MR) is 94.3 cm³/mol. The lowest BCUT2D eigenvalue weighted by Crippen LogP contribution is -1.99. The molecule has 0 fully saturated rings. The van der Waals surface area contributed by atoms with Gasteiger partial charge in [-0.05, 0) is 54.8 Å². The van der Waals surface area contributed by atoms with Crippen LogP contribution in [0.4, 0.5) is 0 Å². The number of carboxylic acid groups (broad SMARTS) is 1. The van der Waals surface area contributed by atoms with Gasteiger partial charge in [-0.3, -0.25) is 4.79 Å². The summed E-state index contributed by atoms with van der Waals surface area (Å²) in [6.45, 7) is 4.31. The van der Waals surface area contributed by atoms with Crippen molar-refractivity contribution >= 4 is 11.5 Å². The monoisotopic (exact) mass is 326 g/mol. The molecule has 0 aliphatic heterocycles.